The minimum Gasteiger partial charge on any atom is -0.377 e. The van der Waals surface area contributed by atoms with Gasteiger partial charge in [0.25, 0.3) is 0 Å². The number of hydrogen-bond acceptors (Lipinski definition) is 5. The summed E-state index contributed by atoms with van der Waals surface area (Å²) in [5.41, 5.74) is 7.50. The molecule has 0 saturated carbocycles. The molecule has 4 rings (SSSR count). The van der Waals surface area contributed by atoms with Crippen LogP contribution in [0.1, 0.15) is 28.1 Å². The van der Waals surface area contributed by atoms with Gasteiger partial charge in [0.2, 0.25) is 5.91 Å². The molecule has 0 aliphatic carbocycles. The van der Waals surface area contributed by atoms with E-state index in [0.29, 0.717) is 11.7 Å². The zero-order chi connectivity index (χ0) is 24.1. The van der Waals surface area contributed by atoms with Crippen LogP contribution in [-0.2, 0) is 11.3 Å². The summed E-state index contributed by atoms with van der Waals surface area (Å²) in [6, 6.07) is 22.1. The third-order valence-corrected chi connectivity index (χ3v) is 6.76. The molecular weight excluding hydrogens is 442 g/mol. The molecule has 0 unspecified atom stereocenters. The molecule has 0 radical (unpaired) electrons. The molecule has 174 valence electrons. The summed E-state index contributed by atoms with van der Waals surface area (Å²) in [6.45, 7) is 8.75. The highest BCUT2D eigenvalue weighted by molar-refractivity contribution is 7.99. The van der Waals surface area contributed by atoms with Gasteiger partial charge >= 0.3 is 0 Å². The fourth-order valence-corrected chi connectivity index (χ4v) is 4.58. The summed E-state index contributed by atoms with van der Waals surface area (Å²) in [5, 5.41) is 16.1. The van der Waals surface area contributed by atoms with Crippen molar-refractivity contribution < 1.29 is 4.79 Å². The SMILES string of the molecule is Cc1cccc(NC(=O)CSc2nnc(CNc3c(C)cccc3C)n2-c2ccccc2)c1C. The molecule has 7 heteroatoms. The van der Waals surface area contributed by atoms with Crippen molar-refractivity contribution in [1.29, 1.82) is 0 Å². The monoisotopic (exact) mass is 471 g/mol. The van der Waals surface area contributed by atoms with E-state index in [0.717, 1.165) is 34.0 Å². The molecule has 4 aromatic rings. The lowest BCUT2D eigenvalue weighted by molar-refractivity contribution is -0.113. The van der Waals surface area contributed by atoms with E-state index in [9.17, 15) is 4.79 Å². The first-order valence-corrected chi connectivity index (χ1v) is 12.2. The van der Waals surface area contributed by atoms with E-state index < -0.39 is 0 Å². The second-order valence-corrected chi connectivity index (χ2v) is 9.22. The molecule has 3 aromatic carbocycles. The van der Waals surface area contributed by atoms with E-state index in [1.165, 1.54) is 22.9 Å². The highest BCUT2D eigenvalue weighted by Gasteiger charge is 2.17. The number of thioether (sulfide) groups is 1. The Balaban J connectivity index is 1.52. The van der Waals surface area contributed by atoms with E-state index in [2.05, 4.69) is 52.9 Å². The fourth-order valence-electron chi connectivity index (χ4n) is 3.81. The second kappa shape index (κ2) is 10.6. The number of amides is 1. The number of anilines is 2. The molecule has 0 aliphatic rings. The highest BCUT2D eigenvalue weighted by Crippen LogP contribution is 2.25. The summed E-state index contributed by atoms with van der Waals surface area (Å²) < 4.78 is 2.01. The number of nitrogens with zero attached hydrogens (tertiary/aromatic N) is 3. The number of hydrogen-bond donors (Lipinski definition) is 2. The average Bonchev–Trinajstić information content (AvgIpc) is 3.24. The van der Waals surface area contributed by atoms with Crippen molar-refractivity contribution in [3.63, 3.8) is 0 Å². The number of carbonyl (C=O) groups is 1. The predicted octanol–water partition coefficient (Wildman–Crippen LogP) is 5.84. The van der Waals surface area contributed by atoms with Gasteiger partial charge in [-0.1, -0.05) is 60.3 Å². The van der Waals surface area contributed by atoms with Crippen molar-refractivity contribution in [2.45, 2.75) is 39.4 Å². The molecule has 0 spiro atoms. The molecule has 2 N–H and O–H groups in total. The standard InChI is InChI=1S/C27H29N5OS/c1-18-10-9-15-23(21(18)4)29-25(33)17-34-27-31-30-24(32(27)22-13-6-5-7-14-22)16-28-26-19(2)11-8-12-20(26)3/h5-15,28H,16-17H2,1-4H3,(H,29,33). The van der Waals surface area contributed by atoms with Gasteiger partial charge in [0.1, 0.15) is 0 Å². The third-order valence-electron chi connectivity index (χ3n) is 5.83. The van der Waals surface area contributed by atoms with Crippen molar-refractivity contribution in [3.05, 3.63) is 94.8 Å². The Morgan fingerprint density at radius 2 is 1.53 bits per heavy atom. The Morgan fingerprint density at radius 3 is 2.26 bits per heavy atom. The van der Waals surface area contributed by atoms with E-state index in [1.54, 1.807) is 0 Å². The summed E-state index contributed by atoms with van der Waals surface area (Å²) >= 11 is 1.38. The van der Waals surface area contributed by atoms with Gasteiger partial charge in [-0.05, 0) is 68.1 Å². The van der Waals surface area contributed by atoms with Gasteiger partial charge in [0, 0.05) is 17.1 Å². The van der Waals surface area contributed by atoms with Gasteiger partial charge in [-0.15, -0.1) is 10.2 Å². The Labute approximate surface area is 204 Å². The molecule has 6 nitrogen and oxygen atoms in total. The predicted molar refractivity (Wildman–Crippen MR) is 140 cm³/mol. The van der Waals surface area contributed by atoms with Crippen LogP contribution in [0.3, 0.4) is 0 Å². The first kappa shape index (κ1) is 23.6. The fraction of sp³-hybridized carbons (Fsp3) is 0.222. The zero-order valence-corrected chi connectivity index (χ0v) is 20.7. The van der Waals surface area contributed by atoms with Gasteiger partial charge in [-0.2, -0.15) is 0 Å². The van der Waals surface area contributed by atoms with E-state index in [1.807, 2.05) is 66.9 Å². The van der Waals surface area contributed by atoms with Crippen LogP contribution in [0.5, 0.6) is 0 Å². The maximum atomic E-state index is 12.7. The van der Waals surface area contributed by atoms with Gasteiger partial charge in [-0.25, -0.2) is 0 Å². The third kappa shape index (κ3) is 5.31. The summed E-state index contributed by atoms with van der Waals surface area (Å²) in [4.78, 5) is 12.7. The molecule has 34 heavy (non-hydrogen) atoms. The molecule has 0 atom stereocenters. The lowest BCUT2D eigenvalue weighted by Crippen LogP contribution is -2.16. The molecule has 0 bridgehead atoms. The molecule has 0 saturated heterocycles. The van der Waals surface area contributed by atoms with Crippen LogP contribution in [0.4, 0.5) is 11.4 Å². The lowest BCUT2D eigenvalue weighted by Gasteiger charge is -2.14. The summed E-state index contributed by atoms with van der Waals surface area (Å²) in [6.07, 6.45) is 0. The van der Waals surface area contributed by atoms with Gasteiger partial charge in [0.05, 0.1) is 12.3 Å². The average molecular weight is 472 g/mol. The van der Waals surface area contributed by atoms with Gasteiger partial charge < -0.3 is 10.6 Å². The van der Waals surface area contributed by atoms with Crippen LogP contribution in [0.15, 0.2) is 71.9 Å². The van der Waals surface area contributed by atoms with E-state index in [-0.39, 0.29) is 11.7 Å². The van der Waals surface area contributed by atoms with Crippen LogP contribution >= 0.6 is 11.8 Å². The van der Waals surface area contributed by atoms with Crippen molar-refractivity contribution in [2.75, 3.05) is 16.4 Å². The Morgan fingerprint density at radius 1 is 0.853 bits per heavy atom. The smallest absolute Gasteiger partial charge is 0.234 e. The number of rotatable bonds is 8. The first-order chi connectivity index (χ1) is 16.4. The number of carbonyl (C=O) groups excluding carboxylic acids is 1. The number of benzene rings is 3. The second-order valence-electron chi connectivity index (χ2n) is 8.27. The van der Waals surface area contributed by atoms with E-state index in [4.69, 9.17) is 0 Å². The minimum atomic E-state index is -0.0727. The first-order valence-electron chi connectivity index (χ1n) is 11.2. The maximum absolute atomic E-state index is 12.7. The number of aryl methyl sites for hydroxylation is 3. The Hall–Kier alpha value is -3.58. The van der Waals surface area contributed by atoms with Crippen molar-refractivity contribution in [1.82, 2.24) is 14.8 Å². The molecule has 0 aliphatic heterocycles. The molecular formula is C27H29N5OS. The van der Waals surface area contributed by atoms with E-state index >= 15 is 0 Å². The van der Waals surface area contributed by atoms with Crippen molar-refractivity contribution in [3.8, 4) is 5.69 Å². The van der Waals surface area contributed by atoms with Crippen molar-refractivity contribution in [2.24, 2.45) is 0 Å². The van der Waals surface area contributed by atoms with Gasteiger partial charge in [0.15, 0.2) is 11.0 Å². The number of para-hydroxylation sites is 2. The number of aromatic nitrogens is 3. The largest absolute Gasteiger partial charge is 0.377 e. The van der Waals surface area contributed by atoms with Crippen LogP contribution in [0.25, 0.3) is 5.69 Å². The van der Waals surface area contributed by atoms with Crippen molar-refractivity contribution >= 4 is 29.0 Å². The minimum absolute atomic E-state index is 0.0727. The van der Waals surface area contributed by atoms with Crippen LogP contribution < -0.4 is 10.6 Å². The quantitative estimate of drug-likeness (QED) is 0.316. The summed E-state index contributed by atoms with van der Waals surface area (Å²) in [5.74, 6) is 0.950. The topological polar surface area (TPSA) is 71.8 Å². The van der Waals surface area contributed by atoms with Gasteiger partial charge in [-0.3, -0.25) is 9.36 Å². The van der Waals surface area contributed by atoms with Crippen LogP contribution in [-0.4, -0.2) is 26.4 Å². The molecule has 0 fully saturated rings. The Kier molecular flexibility index (Phi) is 7.33. The van der Waals surface area contributed by atoms with Crippen LogP contribution in [0.2, 0.25) is 0 Å². The summed E-state index contributed by atoms with van der Waals surface area (Å²) in [7, 11) is 0. The van der Waals surface area contributed by atoms with Crippen LogP contribution in [0, 0.1) is 27.7 Å². The number of nitrogens with one attached hydrogen (secondary N) is 2. The maximum Gasteiger partial charge on any atom is 0.234 e. The molecule has 1 aromatic heterocycles. The normalized spacial score (nSPS) is 10.8. The highest BCUT2D eigenvalue weighted by atomic mass is 32.2. The zero-order valence-electron chi connectivity index (χ0n) is 19.9. The lowest BCUT2D eigenvalue weighted by atomic mass is 10.1. The Bertz CT molecular complexity index is 1280. The molecule has 1 heterocycles. The molecule has 1 amide bonds.